The number of ether oxygens (including phenoxy) is 1. The van der Waals surface area contributed by atoms with Crippen molar-refractivity contribution < 1.29 is 18.7 Å². The standard InChI is InChI=1S/C13H10N4O4/c1-20-10(18)6-8-11(19)16-12(14-8)17-13-15-7-4-2-3-5-9(7)21-13/h2-6H,1H3,(H2,14,15,16,17,19). The highest BCUT2D eigenvalue weighted by atomic mass is 16.5. The Hall–Kier alpha value is -3.16. The molecule has 0 unspecified atom stereocenters. The molecule has 1 fully saturated rings. The van der Waals surface area contributed by atoms with Crippen LogP contribution in [0.3, 0.4) is 0 Å². The summed E-state index contributed by atoms with van der Waals surface area (Å²) in [5.74, 6) is -1.01. The minimum Gasteiger partial charge on any atom is -0.466 e. The second-order valence-electron chi connectivity index (χ2n) is 4.08. The van der Waals surface area contributed by atoms with Gasteiger partial charge in [0.05, 0.1) is 13.2 Å². The SMILES string of the molecule is COC(=O)C=C1N/C(=N/c2nc3ccccc3o2)NC1=O. The quantitative estimate of drug-likeness (QED) is 0.618. The van der Waals surface area contributed by atoms with E-state index in [-0.39, 0.29) is 17.7 Å². The van der Waals surface area contributed by atoms with Crippen molar-refractivity contribution in [2.45, 2.75) is 0 Å². The highest BCUT2D eigenvalue weighted by Gasteiger charge is 2.23. The Balaban J connectivity index is 1.86. The molecule has 21 heavy (non-hydrogen) atoms. The number of aromatic nitrogens is 1. The molecule has 2 N–H and O–H groups in total. The normalized spacial score (nSPS) is 18.0. The molecule has 0 aliphatic carbocycles. The number of guanidine groups is 1. The van der Waals surface area contributed by atoms with Gasteiger partial charge < -0.3 is 14.5 Å². The summed E-state index contributed by atoms with van der Waals surface area (Å²) in [6.07, 6.45) is 1.03. The maximum absolute atomic E-state index is 11.6. The van der Waals surface area contributed by atoms with Crippen molar-refractivity contribution in [2.75, 3.05) is 7.11 Å². The van der Waals surface area contributed by atoms with E-state index in [1.807, 2.05) is 12.1 Å². The summed E-state index contributed by atoms with van der Waals surface area (Å²) in [6, 6.07) is 7.28. The number of methoxy groups -OCH3 is 1. The zero-order valence-electron chi connectivity index (χ0n) is 10.9. The van der Waals surface area contributed by atoms with E-state index in [0.29, 0.717) is 11.1 Å². The van der Waals surface area contributed by atoms with Crippen LogP contribution in [0, 0.1) is 0 Å². The lowest BCUT2D eigenvalue weighted by Gasteiger charge is -1.94. The maximum atomic E-state index is 11.6. The number of aliphatic imine (C=N–C) groups is 1. The van der Waals surface area contributed by atoms with E-state index in [1.165, 1.54) is 7.11 Å². The third-order valence-electron chi connectivity index (χ3n) is 2.68. The summed E-state index contributed by atoms with van der Waals surface area (Å²) in [5.41, 5.74) is 1.29. The number of para-hydroxylation sites is 2. The van der Waals surface area contributed by atoms with Gasteiger partial charge in [0.15, 0.2) is 5.58 Å². The van der Waals surface area contributed by atoms with Gasteiger partial charge in [-0.25, -0.2) is 4.79 Å². The van der Waals surface area contributed by atoms with Crippen LogP contribution in [-0.4, -0.2) is 29.9 Å². The maximum Gasteiger partial charge on any atom is 0.332 e. The predicted molar refractivity (Wildman–Crippen MR) is 72.5 cm³/mol. The lowest BCUT2D eigenvalue weighted by molar-refractivity contribution is -0.135. The summed E-state index contributed by atoms with van der Waals surface area (Å²) < 4.78 is 9.85. The first-order valence-electron chi connectivity index (χ1n) is 5.98. The molecule has 0 saturated carbocycles. The molecule has 1 aromatic carbocycles. The Morgan fingerprint density at radius 2 is 2.19 bits per heavy atom. The first-order chi connectivity index (χ1) is 10.2. The van der Waals surface area contributed by atoms with Crippen LogP contribution >= 0.6 is 0 Å². The van der Waals surface area contributed by atoms with Crippen LogP contribution in [0.1, 0.15) is 0 Å². The number of amides is 1. The zero-order chi connectivity index (χ0) is 14.8. The molecule has 0 bridgehead atoms. The molecule has 8 nitrogen and oxygen atoms in total. The molecule has 2 aromatic rings. The van der Waals surface area contributed by atoms with Gasteiger partial charge in [0, 0.05) is 0 Å². The van der Waals surface area contributed by atoms with E-state index in [0.717, 1.165) is 6.08 Å². The van der Waals surface area contributed by atoms with Crippen molar-refractivity contribution in [3.63, 3.8) is 0 Å². The summed E-state index contributed by atoms with van der Waals surface area (Å²) in [6.45, 7) is 0. The first-order valence-corrected chi connectivity index (χ1v) is 5.98. The van der Waals surface area contributed by atoms with Crippen LogP contribution < -0.4 is 10.6 Å². The fourth-order valence-electron chi connectivity index (χ4n) is 1.73. The number of esters is 1. The number of oxazole rings is 1. The van der Waals surface area contributed by atoms with E-state index < -0.39 is 11.9 Å². The van der Waals surface area contributed by atoms with E-state index in [2.05, 4.69) is 25.3 Å². The van der Waals surface area contributed by atoms with Crippen molar-refractivity contribution in [1.82, 2.24) is 15.6 Å². The summed E-state index contributed by atoms with van der Waals surface area (Å²) in [5, 5.41) is 5.10. The highest BCUT2D eigenvalue weighted by Crippen LogP contribution is 2.20. The van der Waals surface area contributed by atoms with E-state index >= 15 is 0 Å². The van der Waals surface area contributed by atoms with E-state index in [9.17, 15) is 9.59 Å². The summed E-state index contributed by atoms with van der Waals surface area (Å²) in [7, 11) is 1.22. The van der Waals surface area contributed by atoms with Gasteiger partial charge in [-0.05, 0) is 12.1 Å². The Bertz CT molecular complexity index is 757. The van der Waals surface area contributed by atoms with Gasteiger partial charge >= 0.3 is 12.0 Å². The molecule has 3 rings (SSSR count). The smallest absolute Gasteiger partial charge is 0.332 e. The summed E-state index contributed by atoms with van der Waals surface area (Å²) >= 11 is 0. The molecule has 1 aromatic heterocycles. The van der Waals surface area contributed by atoms with Crippen LogP contribution in [0.2, 0.25) is 0 Å². The number of fused-ring (bicyclic) bond motifs is 1. The predicted octanol–water partition coefficient (Wildman–Crippen LogP) is 0.592. The molecule has 0 radical (unpaired) electrons. The minimum atomic E-state index is -0.643. The van der Waals surface area contributed by atoms with Crippen LogP contribution in [0.5, 0.6) is 0 Å². The van der Waals surface area contributed by atoms with Crippen molar-refractivity contribution in [3.05, 3.63) is 36.0 Å². The van der Waals surface area contributed by atoms with Crippen molar-refractivity contribution in [2.24, 2.45) is 4.99 Å². The molecular weight excluding hydrogens is 276 g/mol. The van der Waals surface area contributed by atoms with Crippen LogP contribution in [0.4, 0.5) is 6.01 Å². The lowest BCUT2D eigenvalue weighted by atomic mass is 10.3. The number of rotatable bonds is 2. The molecule has 8 heteroatoms. The molecule has 1 amide bonds. The topological polar surface area (TPSA) is 106 Å². The van der Waals surface area contributed by atoms with E-state index in [4.69, 9.17) is 4.42 Å². The molecular formula is C13H10N4O4. The largest absolute Gasteiger partial charge is 0.466 e. The minimum absolute atomic E-state index is 0.0386. The Morgan fingerprint density at radius 3 is 2.95 bits per heavy atom. The molecule has 1 saturated heterocycles. The average molecular weight is 286 g/mol. The second kappa shape index (κ2) is 5.08. The summed E-state index contributed by atoms with van der Waals surface area (Å²) in [4.78, 5) is 30.9. The Labute approximate surface area is 118 Å². The lowest BCUT2D eigenvalue weighted by Crippen LogP contribution is -2.24. The van der Waals surface area contributed by atoms with Gasteiger partial charge in [-0.1, -0.05) is 12.1 Å². The fourth-order valence-corrected chi connectivity index (χ4v) is 1.73. The van der Waals surface area contributed by atoms with Crippen molar-refractivity contribution in [3.8, 4) is 0 Å². The van der Waals surface area contributed by atoms with Crippen LogP contribution in [-0.2, 0) is 14.3 Å². The van der Waals surface area contributed by atoms with E-state index in [1.54, 1.807) is 12.1 Å². The van der Waals surface area contributed by atoms with Gasteiger partial charge in [-0.3, -0.25) is 10.1 Å². The second-order valence-corrected chi connectivity index (χ2v) is 4.08. The number of hydrogen-bond donors (Lipinski definition) is 2. The number of nitrogens with zero attached hydrogens (tertiary/aromatic N) is 2. The number of carbonyl (C=O) groups excluding carboxylic acids is 2. The number of benzene rings is 1. The Morgan fingerprint density at radius 1 is 1.38 bits per heavy atom. The van der Waals surface area contributed by atoms with Crippen LogP contribution in [0.15, 0.2) is 45.4 Å². The highest BCUT2D eigenvalue weighted by molar-refractivity contribution is 6.15. The molecule has 2 heterocycles. The monoisotopic (exact) mass is 286 g/mol. The number of hydrogen-bond acceptors (Lipinski definition) is 6. The average Bonchev–Trinajstić information content (AvgIpc) is 3.02. The van der Waals surface area contributed by atoms with Gasteiger partial charge in [0.25, 0.3) is 5.91 Å². The van der Waals surface area contributed by atoms with Crippen molar-refractivity contribution >= 4 is 35.0 Å². The Kier molecular flexibility index (Phi) is 3.11. The molecule has 0 spiro atoms. The van der Waals surface area contributed by atoms with Gasteiger partial charge in [-0.15, -0.1) is 0 Å². The molecule has 0 atom stereocenters. The molecule has 106 valence electrons. The van der Waals surface area contributed by atoms with Gasteiger partial charge in [0.2, 0.25) is 5.96 Å². The third-order valence-corrected chi connectivity index (χ3v) is 2.68. The molecule has 1 aliphatic rings. The number of nitrogens with one attached hydrogen (secondary N) is 2. The molecule has 1 aliphatic heterocycles. The third kappa shape index (κ3) is 2.59. The zero-order valence-corrected chi connectivity index (χ0v) is 10.9. The van der Waals surface area contributed by atoms with Crippen LogP contribution in [0.25, 0.3) is 11.1 Å². The van der Waals surface area contributed by atoms with Crippen molar-refractivity contribution in [1.29, 1.82) is 0 Å². The first kappa shape index (κ1) is 12.9. The fraction of sp³-hybridized carbons (Fsp3) is 0.0769. The van der Waals surface area contributed by atoms with Gasteiger partial charge in [-0.2, -0.15) is 9.98 Å². The number of carbonyl (C=O) groups is 2. The van der Waals surface area contributed by atoms with Gasteiger partial charge in [0.1, 0.15) is 11.2 Å².